The topological polar surface area (TPSA) is 60.4 Å². The van der Waals surface area contributed by atoms with Gasteiger partial charge in [-0.05, 0) is 138 Å². The van der Waals surface area contributed by atoms with Crippen LogP contribution in [0.4, 0.5) is 0 Å². The number of aromatic nitrogens is 6. The molecule has 88 heavy (non-hydrogen) atoms. The second-order valence-electron chi connectivity index (χ2n) is 24.6. The minimum absolute atomic E-state index is 0.0178. The van der Waals surface area contributed by atoms with Crippen molar-refractivity contribution in [3.8, 4) is 89.3 Å². The van der Waals surface area contributed by atoms with E-state index in [9.17, 15) is 0 Å². The van der Waals surface area contributed by atoms with Crippen molar-refractivity contribution in [2.45, 2.75) is 38.5 Å². The molecule has 0 amide bonds. The summed E-state index contributed by atoms with van der Waals surface area (Å²) >= 11 is 0. The van der Waals surface area contributed by atoms with Crippen LogP contribution in [0.1, 0.15) is 49.9 Å². The number of rotatable bonds is 6. The smallest absolute Gasteiger partial charge is 0.165 e. The number of benzene rings is 10. The quantitative estimate of drug-likeness (QED) is 0.166. The summed E-state index contributed by atoms with van der Waals surface area (Å²) in [6.45, 7) is 9.31. The molecule has 416 valence electrons. The van der Waals surface area contributed by atoms with Crippen molar-refractivity contribution in [2.75, 3.05) is 0 Å². The number of imidazole rings is 2. The first-order chi connectivity index (χ1) is 43.1. The maximum absolute atomic E-state index is 5.21. The fourth-order valence-corrected chi connectivity index (χ4v) is 14.3. The van der Waals surface area contributed by atoms with Crippen molar-refractivity contribution in [1.82, 2.24) is 28.7 Å². The molecule has 0 aliphatic heterocycles. The van der Waals surface area contributed by atoms with Gasteiger partial charge in [0.15, 0.2) is 11.3 Å². The predicted octanol–water partition coefficient (Wildman–Crippen LogP) is 20.7. The standard InChI is InChI=1S/2C41H29N3/c1-41(2)35-15-6-5-12-31(35)34-25-29(21-22-36(34)41)27-19-17-26(18-20-27)28-10-9-11-30(24-28)38-32-13-3-4-14-33(32)39-40(43-38)44-23-8-7-16-37(44)42-39;1-41(2)35-15-6-5-12-31(35)34-25-30(21-22-36(34)41)29-11-9-10-28(24-29)26-17-19-27(20-18-26)38-32-13-3-4-14-33(32)39-40(43-38)44-23-8-7-16-37(44)42-39/h2*3-25H,1-2H3. The van der Waals surface area contributed by atoms with E-state index in [0.717, 1.165) is 77.7 Å². The summed E-state index contributed by atoms with van der Waals surface area (Å²) < 4.78 is 4.15. The monoisotopic (exact) mass is 1130 g/mol. The first-order valence-corrected chi connectivity index (χ1v) is 30.3. The van der Waals surface area contributed by atoms with Gasteiger partial charge >= 0.3 is 0 Å². The molecule has 0 N–H and O–H groups in total. The van der Waals surface area contributed by atoms with Crippen LogP contribution in [0.3, 0.4) is 0 Å². The lowest BCUT2D eigenvalue weighted by Crippen LogP contribution is -2.14. The van der Waals surface area contributed by atoms with Crippen LogP contribution >= 0.6 is 0 Å². The molecule has 0 fully saturated rings. The van der Waals surface area contributed by atoms with Crippen LogP contribution in [0.25, 0.3) is 144 Å². The molecule has 0 saturated carbocycles. The van der Waals surface area contributed by atoms with E-state index in [1.165, 1.54) is 89.0 Å². The number of nitrogens with zero attached hydrogens (tertiary/aromatic N) is 6. The van der Waals surface area contributed by atoms with Crippen LogP contribution in [0.15, 0.2) is 279 Å². The van der Waals surface area contributed by atoms with Crippen molar-refractivity contribution in [2.24, 2.45) is 0 Å². The maximum Gasteiger partial charge on any atom is 0.165 e. The summed E-state index contributed by atoms with van der Waals surface area (Å²) in [5.74, 6) is 0. The summed E-state index contributed by atoms with van der Waals surface area (Å²) in [6, 6.07) is 96.0. The highest BCUT2D eigenvalue weighted by Gasteiger charge is 2.36. The summed E-state index contributed by atoms with van der Waals surface area (Å²) in [6.07, 6.45) is 4.07. The minimum Gasteiger partial charge on any atom is -0.284 e. The third kappa shape index (κ3) is 8.09. The molecule has 0 bridgehead atoms. The SMILES string of the molecule is CC1(C)c2ccccc2-c2cc(-c3ccc(-c4cccc(-c5nc6c(nc7ccccn76)c6ccccc56)c4)cc3)ccc21.CC1(C)c2ccccc2-c2cc(-c3cccc(-c4ccc(-c5nc6c(nc7ccccn76)c6ccccc56)cc4)c3)ccc21. The van der Waals surface area contributed by atoms with Crippen LogP contribution in [0.2, 0.25) is 0 Å². The van der Waals surface area contributed by atoms with E-state index in [4.69, 9.17) is 19.9 Å². The number of fused-ring (bicyclic) bond motifs is 16. The van der Waals surface area contributed by atoms with Crippen LogP contribution in [-0.4, -0.2) is 28.7 Å². The van der Waals surface area contributed by atoms with Crippen molar-refractivity contribution < 1.29 is 0 Å². The second-order valence-corrected chi connectivity index (χ2v) is 24.6. The van der Waals surface area contributed by atoms with E-state index >= 15 is 0 Å². The average Bonchev–Trinajstić information content (AvgIpc) is 4.47. The van der Waals surface area contributed by atoms with Crippen LogP contribution in [-0.2, 0) is 10.8 Å². The Morgan fingerprint density at radius 3 is 1.08 bits per heavy atom. The van der Waals surface area contributed by atoms with Gasteiger partial charge in [0.2, 0.25) is 0 Å². The summed E-state index contributed by atoms with van der Waals surface area (Å²) in [4.78, 5) is 20.2. The molecule has 0 spiro atoms. The normalized spacial score (nSPS) is 13.4. The lowest BCUT2D eigenvalue weighted by Gasteiger charge is -2.21. The Bertz CT molecular complexity index is 5510. The molecule has 10 aromatic carbocycles. The van der Waals surface area contributed by atoms with Gasteiger partial charge in [-0.15, -0.1) is 0 Å². The van der Waals surface area contributed by atoms with Gasteiger partial charge in [0.1, 0.15) is 22.3 Å². The molecule has 6 heteroatoms. The Kier molecular flexibility index (Phi) is 11.5. The van der Waals surface area contributed by atoms with Gasteiger partial charge in [0, 0.05) is 55.9 Å². The molecular formula is C82H58N6. The molecule has 6 nitrogen and oxygen atoms in total. The molecule has 2 aliphatic carbocycles. The molecule has 0 atom stereocenters. The Labute approximate surface area is 510 Å². The van der Waals surface area contributed by atoms with Crippen LogP contribution in [0, 0.1) is 0 Å². The summed E-state index contributed by atoms with van der Waals surface area (Å²) in [5, 5.41) is 4.46. The Balaban J connectivity index is 0.000000137. The number of pyridine rings is 4. The fourth-order valence-electron chi connectivity index (χ4n) is 14.3. The highest BCUT2D eigenvalue weighted by molar-refractivity contribution is 6.11. The third-order valence-electron chi connectivity index (χ3n) is 18.9. The van der Waals surface area contributed by atoms with Gasteiger partial charge in [-0.1, -0.05) is 246 Å². The predicted molar refractivity (Wildman–Crippen MR) is 364 cm³/mol. The van der Waals surface area contributed by atoms with E-state index in [-0.39, 0.29) is 10.8 Å². The van der Waals surface area contributed by atoms with E-state index in [2.05, 4.69) is 267 Å². The zero-order valence-electron chi connectivity index (χ0n) is 49.2. The Morgan fingerprint density at radius 1 is 0.250 bits per heavy atom. The highest BCUT2D eigenvalue weighted by Crippen LogP contribution is 2.51. The lowest BCUT2D eigenvalue weighted by molar-refractivity contribution is 0.660. The average molecular weight is 1130 g/mol. The second kappa shape index (κ2) is 19.7. The zero-order chi connectivity index (χ0) is 58.8. The molecule has 0 saturated heterocycles. The Hall–Kier alpha value is -11.1. The lowest BCUT2D eigenvalue weighted by atomic mass is 9.82. The van der Waals surface area contributed by atoms with Crippen molar-refractivity contribution in [1.29, 1.82) is 0 Å². The van der Waals surface area contributed by atoms with Crippen LogP contribution in [0.5, 0.6) is 0 Å². The number of hydrogen-bond acceptors (Lipinski definition) is 4. The zero-order valence-corrected chi connectivity index (χ0v) is 49.2. The van der Waals surface area contributed by atoms with Gasteiger partial charge in [0.05, 0.1) is 11.4 Å². The van der Waals surface area contributed by atoms with Gasteiger partial charge in [-0.2, -0.15) is 0 Å². The van der Waals surface area contributed by atoms with Gasteiger partial charge < -0.3 is 0 Å². The molecule has 18 rings (SSSR count). The summed E-state index contributed by atoms with van der Waals surface area (Å²) in [7, 11) is 0. The molecule has 6 heterocycles. The van der Waals surface area contributed by atoms with E-state index in [1.807, 2.05) is 48.8 Å². The molecule has 6 aromatic heterocycles. The highest BCUT2D eigenvalue weighted by atomic mass is 15.1. The third-order valence-corrected chi connectivity index (χ3v) is 18.9. The van der Waals surface area contributed by atoms with Crippen LogP contribution < -0.4 is 0 Å². The van der Waals surface area contributed by atoms with Crippen molar-refractivity contribution in [3.63, 3.8) is 0 Å². The van der Waals surface area contributed by atoms with Crippen molar-refractivity contribution >= 4 is 55.2 Å². The first-order valence-electron chi connectivity index (χ1n) is 30.3. The molecule has 0 unspecified atom stereocenters. The first kappa shape index (κ1) is 51.3. The molecule has 16 aromatic rings. The largest absolute Gasteiger partial charge is 0.284 e. The minimum atomic E-state index is 0.0178. The van der Waals surface area contributed by atoms with Gasteiger partial charge in [-0.3, -0.25) is 8.80 Å². The van der Waals surface area contributed by atoms with Crippen molar-refractivity contribution in [3.05, 3.63) is 302 Å². The molecular weight excluding hydrogens is 1070 g/mol. The van der Waals surface area contributed by atoms with E-state index in [1.54, 1.807) is 0 Å². The number of hydrogen-bond donors (Lipinski definition) is 0. The van der Waals surface area contributed by atoms with E-state index < -0.39 is 0 Å². The molecule has 0 radical (unpaired) electrons. The van der Waals surface area contributed by atoms with Gasteiger partial charge in [0.25, 0.3) is 0 Å². The van der Waals surface area contributed by atoms with E-state index in [0.29, 0.717) is 0 Å². The fraction of sp³-hybridized carbons (Fsp3) is 0.0732. The Morgan fingerprint density at radius 2 is 0.591 bits per heavy atom. The maximum atomic E-state index is 5.21. The van der Waals surface area contributed by atoms with Gasteiger partial charge in [-0.25, -0.2) is 19.9 Å². The molecule has 2 aliphatic rings. The summed E-state index contributed by atoms with van der Waals surface area (Å²) in [5.41, 5.74) is 30.3.